The maximum Gasteiger partial charge on any atom is 0.513 e. The van der Waals surface area contributed by atoms with Crippen molar-refractivity contribution in [1.29, 1.82) is 0 Å². The van der Waals surface area contributed by atoms with Gasteiger partial charge in [-0.15, -0.1) is 0 Å². The maximum atomic E-state index is 12.9. The number of hydrogen-bond donors (Lipinski definition) is 0. The molecule has 0 radical (unpaired) electrons. The van der Waals surface area contributed by atoms with Crippen molar-refractivity contribution in [2.75, 3.05) is 37.7 Å². The molecule has 0 spiro atoms. The predicted octanol–water partition coefficient (Wildman–Crippen LogP) is 3.44. The fraction of sp³-hybridized carbons (Fsp3) is 0.304. The van der Waals surface area contributed by atoms with Crippen molar-refractivity contribution < 1.29 is 19.1 Å². The van der Waals surface area contributed by atoms with E-state index in [1.165, 1.54) is 0 Å². The Morgan fingerprint density at radius 1 is 0.935 bits per heavy atom. The number of nitrogens with zero attached hydrogens (tertiary/aromatic N) is 4. The lowest BCUT2D eigenvalue weighted by molar-refractivity contribution is 0.0746. The summed E-state index contributed by atoms with van der Waals surface area (Å²) in [5, 5.41) is 0. The molecule has 1 aliphatic heterocycles. The Hall–Kier alpha value is -3.68. The number of carbonyl (C=O) groups is 2. The lowest BCUT2D eigenvalue weighted by Gasteiger charge is -2.36. The van der Waals surface area contributed by atoms with E-state index in [1.54, 1.807) is 31.2 Å². The molecule has 3 aromatic rings. The Balaban J connectivity index is 1.39. The zero-order valence-corrected chi connectivity index (χ0v) is 17.6. The summed E-state index contributed by atoms with van der Waals surface area (Å²) in [6.45, 7) is 6.46. The number of benzene rings is 2. The highest BCUT2D eigenvalue weighted by atomic mass is 16.7. The monoisotopic (exact) mass is 420 g/mol. The van der Waals surface area contributed by atoms with Crippen molar-refractivity contribution in [3.05, 3.63) is 59.8 Å². The van der Waals surface area contributed by atoms with E-state index in [-0.39, 0.29) is 12.5 Å². The first-order valence-corrected chi connectivity index (χ1v) is 10.3. The van der Waals surface area contributed by atoms with Gasteiger partial charge >= 0.3 is 6.16 Å². The quantitative estimate of drug-likeness (QED) is 0.472. The second-order valence-electron chi connectivity index (χ2n) is 7.21. The highest BCUT2D eigenvalue weighted by Crippen LogP contribution is 2.22. The van der Waals surface area contributed by atoms with Gasteiger partial charge in [-0.1, -0.05) is 12.1 Å². The number of rotatable bonds is 4. The average molecular weight is 420 g/mol. The minimum absolute atomic E-state index is 0.0522. The van der Waals surface area contributed by atoms with Gasteiger partial charge in [-0.3, -0.25) is 4.79 Å². The van der Waals surface area contributed by atoms with Crippen molar-refractivity contribution in [2.24, 2.45) is 0 Å². The molecular formula is C23H24N4O4. The van der Waals surface area contributed by atoms with E-state index in [1.807, 2.05) is 36.1 Å². The Kier molecular flexibility index (Phi) is 5.97. The van der Waals surface area contributed by atoms with Crippen LogP contribution < -0.4 is 9.64 Å². The molecule has 0 atom stereocenters. The highest BCUT2D eigenvalue weighted by Gasteiger charge is 2.24. The van der Waals surface area contributed by atoms with Crippen molar-refractivity contribution in [1.82, 2.24) is 14.9 Å². The Labute approximate surface area is 180 Å². The number of aryl methyl sites for hydroxylation is 1. The van der Waals surface area contributed by atoms with Crippen LogP contribution in [-0.4, -0.2) is 59.7 Å². The SMILES string of the molecule is CCOC(=O)Oc1ccc(C(=O)N2CCN(c3nc4ccccc4nc3C)CC2)cc1. The topological polar surface area (TPSA) is 84.9 Å². The zero-order chi connectivity index (χ0) is 21.8. The van der Waals surface area contributed by atoms with Gasteiger partial charge in [-0.25, -0.2) is 14.8 Å². The van der Waals surface area contributed by atoms with E-state index in [9.17, 15) is 9.59 Å². The van der Waals surface area contributed by atoms with Crippen LogP contribution in [-0.2, 0) is 4.74 Å². The van der Waals surface area contributed by atoms with Crippen molar-refractivity contribution >= 4 is 28.9 Å². The van der Waals surface area contributed by atoms with Crippen LogP contribution in [0.15, 0.2) is 48.5 Å². The van der Waals surface area contributed by atoms with Crippen LogP contribution >= 0.6 is 0 Å². The van der Waals surface area contributed by atoms with E-state index >= 15 is 0 Å². The van der Waals surface area contributed by atoms with Gasteiger partial charge in [-0.05, 0) is 50.2 Å². The fourth-order valence-electron chi connectivity index (χ4n) is 3.59. The van der Waals surface area contributed by atoms with Crippen LogP contribution in [0.2, 0.25) is 0 Å². The van der Waals surface area contributed by atoms with Crippen LogP contribution in [0, 0.1) is 6.92 Å². The third kappa shape index (κ3) is 4.58. The summed E-state index contributed by atoms with van der Waals surface area (Å²) in [6, 6.07) is 14.3. The lowest BCUT2D eigenvalue weighted by atomic mass is 10.1. The van der Waals surface area contributed by atoms with Gasteiger partial charge in [0.25, 0.3) is 5.91 Å². The normalized spacial score (nSPS) is 13.9. The van der Waals surface area contributed by atoms with Gasteiger partial charge in [0, 0.05) is 31.7 Å². The molecule has 31 heavy (non-hydrogen) atoms. The molecule has 0 N–H and O–H groups in total. The summed E-state index contributed by atoms with van der Waals surface area (Å²) in [5.74, 6) is 1.15. The van der Waals surface area contributed by atoms with E-state index in [2.05, 4.69) is 9.88 Å². The zero-order valence-electron chi connectivity index (χ0n) is 17.6. The number of aromatic nitrogens is 2. The van der Waals surface area contributed by atoms with Crippen LogP contribution in [0.4, 0.5) is 10.6 Å². The molecule has 8 heteroatoms. The summed E-state index contributed by atoms with van der Waals surface area (Å²) in [7, 11) is 0. The predicted molar refractivity (Wildman–Crippen MR) is 116 cm³/mol. The smallest absolute Gasteiger partial charge is 0.434 e. The summed E-state index contributed by atoms with van der Waals surface area (Å²) in [5.41, 5.74) is 3.18. The van der Waals surface area contributed by atoms with Gasteiger partial charge in [0.05, 0.1) is 23.3 Å². The number of fused-ring (bicyclic) bond motifs is 1. The average Bonchev–Trinajstić information content (AvgIpc) is 2.79. The second kappa shape index (κ2) is 8.99. The number of carbonyl (C=O) groups excluding carboxylic acids is 2. The third-order valence-electron chi connectivity index (χ3n) is 5.15. The van der Waals surface area contributed by atoms with Gasteiger partial charge in [-0.2, -0.15) is 0 Å². The molecule has 2 aromatic carbocycles. The number of piperazine rings is 1. The molecular weight excluding hydrogens is 396 g/mol. The van der Waals surface area contributed by atoms with Gasteiger partial charge in [0.15, 0.2) is 5.82 Å². The Morgan fingerprint density at radius 3 is 2.23 bits per heavy atom. The summed E-state index contributed by atoms with van der Waals surface area (Å²) in [6.07, 6.45) is -0.759. The minimum Gasteiger partial charge on any atom is -0.434 e. The van der Waals surface area contributed by atoms with Crippen LogP contribution in [0.5, 0.6) is 5.75 Å². The Bertz CT molecular complexity index is 1090. The molecule has 1 aromatic heterocycles. The second-order valence-corrected chi connectivity index (χ2v) is 7.21. The number of anilines is 1. The molecule has 0 unspecified atom stereocenters. The third-order valence-corrected chi connectivity index (χ3v) is 5.15. The van der Waals surface area contributed by atoms with Crippen LogP contribution in [0.3, 0.4) is 0 Å². The van der Waals surface area contributed by atoms with Gasteiger partial charge < -0.3 is 19.3 Å². The first kappa shape index (κ1) is 20.6. The first-order valence-electron chi connectivity index (χ1n) is 10.3. The molecule has 1 aliphatic rings. The minimum atomic E-state index is -0.759. The lowest BCUT2D eigenvalue weighted by Crippen LogP contribution is -2.49. The van der Waals surface area contributed by atoms with E-state index in [0.717, 1.165) is 22.5 Å². The fourth-order valence-corrected chi connectivity index (χ4v) is 3.59. The molecule has 0 saturated carbocycles. The standard InChI is InChI=1S/C23H24N4O4/c1-3-30-23(29)31-18-10-8-17(9-11-18)22(28)27-14-12-26(13-15-27)21-16(2)24-19-6-4-5-7-20(19)25-21/h4-11H,3,12-15H2,1-2H3. The van der Waals surface area contributed by atoms with Gasteiger partial charge in [0.2, 0.25) is 0 Å². The number of amides is 1. The molecule has 160 valence electrons. The molecule has 0 bridgehead atoms. The molecule has 4 rings (SSSR count). The first-order chi connectivity index (χ1) is 15.0. The van der Waals surface area contributed by atoms with Crippen LogP contribution in [0.25, 0.3) is 11.0 Å². The summed E-state index contributed by atoms with van der Waals surface area (Å²) < 4.78 is 9.78. The van der Waals surface area contributed by atoms with E-state index in [0.29, 0.717) is 37.5 Å². The Morgan fingerprint density at radius 2 is 1.58 bits per heavy atom. The number of ether oxygens (including phenoxy) is 2. The summed E-state index contributed by atoms with van der Waals surface area (Å²) in [4.78, 5) is 37.7. The molecule has 1 saturated heterocycles. The largest absolute Gasteiger partial charge is 0.513 e. The molecule has 8 nitrogen and oxygen atoms in total. The molecule has 0 aliphatic carbocycles. The van der Waals surface area contributed by atoms with Crippen molar-refractivity contribution in [3.8, 4) is 5.75 Å². The van der Waals surface area contributed by atoms with Crippen molar-refractivity contribution in [3.63, 3.8) is 0 Å². The molecule has 1 amide bonds. The van der Waals surface area contributed by atoms with Crippen molar-refractivity contribution in [2.45, 2.75) is 13.8 Å². The van der Waals surface area contributed by atoms with E-state index < -0.39 is 6.16 Å². The molecule has 1 fully saturated rings. The summed E-state index contributed by atoms with van der Waals surface area (Å²) >= 11 is 0. The maximum absolute atomic E-state index is 12.9. The number of hydrogen-bond acceptors (Lipinski definition) is 7. The molecule has 2 heterocycles. The number of para-hydroxylation sites is 2. The van der Waals surface area contributed by atoms with Gasteiger partial charge in [0.1, 0.15) is 5.75 Å². The van der Waals surface area contributed by atoms with Crippen LogP contribution in [0.1, 0.15) is 23.0 Å². The van der Waals surface area contributed by atoms with E-state index in [4.69, 9.17) is 14.5 Å². The highest BCUT2D eigenvalue weighted by molar-refractivity contribution is 5.94.